The number of hydrogen-bond donors (Lipinski definition) is 1. The highest BCUT2D eigenvalue weighted by Crippen LogP contribution is 2.28. The molecule has 56 valence electrons. The predicted octanol–water partition coefficient (Wildman–Crippen LogP) is -0.258. The Bertz CT molecular complexity index is 169. The van der Waals surface area contributed by atoms with Crippen LogP contribution in [0.4, 0.5) is 0 Å². The highest BCUT2D eigenvalue weighted by Gasteiger charge is 2.40. The second-order valence-electron chi connectivity index (χ2n) is 3.05. The van der Waals surface area contributed by atoms with Crippen LogP contribution in [0.1, 0.15) is 19.3 Å². The van der Waals surface area contributed by atoms with Crippen LogP contribution in [0.5, 0.6) is 0 Å². The van der Waals surface area contributed by atoms with Gasteiger partial charge >= 0.3 is 0 Å². The number of nitrogens with zero attached hydrogens (tertiary/aromatic N) is 1. The topological polar surface area (TPSA) is 40.5 Å². The smallest absolute Gasteiger partial charge is 0.222 e. The molecule has 1 amide bonds. The van der Waals surface area contributed by atoms with Crippen LogP contribution in [0, 0.1) is 0 Å². The van der Waals surface area contributed by atoms with Crippen LogP contribution in [0.25, 0.3) is 0 Å². The molecule has 0 bridgehead atoms. The lowest BCUT2D eigenvalue weighted by atomic mass is 10.1. The summed E-state index contributed by atoms with van der Waals surface area (Å²) in [5, 5.41) is 9.32. The molecular formula is C7H11NO2. The van der Waals surface area contributed by atoms with Gasteiger partial charge in [0.25, 0.3) is 0 Å². The van der Waals surface area contributed by atoms with E-state index in [9.17, 15) is 9.90 Å². The Labute approximate surface area is 59.6 Å². The van der Waals surface area contributed by atoms with Gasteiger partial charge in [-0.15, -0.1) is 0 Å². The van der Waals surface area contributed by atoms with E-state index < -0.39 is 0 Å². The molecule has 2 fully saturated rings. The summed E-state index contributed by atoms with van der Waals surface area (Å²) in [6.07, 6.45) is 2.03. The fraction of sp³-hybridized carbons (Fsp3) is 0.857. The zero-order valence-corrected chi connectivity index (χ0v) is 5.79. The summed E-state index contributed by atoms with van der Waals surface area (Å²) in [6.45, 7) is 0.769. The lowest BCUT2D eigenvalue weighted by Gasteiger charge is -2.15. The summed E-state index contributed by atoms with van der Waals surface area (Å²) < 4.78 is 0. The third kappa shape index (κ3) is 0.669. The standard InChI is InChI=1S/C7H11NO2/c9-6-3-4-8-5(6)1-2-7(8)10/h5-6,9H,1-4H2. The first kappa shape index (κ1) is 6.16. The second kappa shape index (κ2) is 1.95. The van der Waals surface area contributed by atoms with Gasteiger partial charge in [0.2, 0.25) is 5.91 Å². The quantitative estimate of drug-likeness (QED) is 0.505. The Morgan fingerprint density at radius 3 is 3.00 bits per heavy atom. The van der Waals surface area contributed by atoms with E-state index in [-0.39, 0.29) is 18.1 Å². The van der Waals surface area contributed by atoms with E-state index in [1.807, 2.05) is 4.90 Å². The Morgan fingerprint density at radius 1 is 1.50 bits per heavy atom. The fourth-order valence-corrected chi connectivity index (χ4v) is 1.91. The number of rotatable bonds is 0. The molecule has 10 heavy (non-hydrogen) atoms. The van der Waals surface area contributed by atoms with Crippen molar-refractivity contribution in [3.05, 3.63) is 0 Å². The molecule has 2 heterocycles. The minimum absolute atomic E-state index is 0.160. The average molecular weight is 141 g/mol. The van der Waals surface area contributed by atoms with Crippen molar-refractivity contribution >= 4 is 5.91 Å². The molecule has 0 aromatic rings. The van der Waals surface area contributed by atoms with Gasteiger partial charge in [-0.25, -0.2) is 0 Å². The van der Waals surface area contributed by atoms with Crippen LogP contribution >= 0.6 is 0 Å². The van der Waals surface area contributed by atoms with Crippen LogP contribution in [-0.4, -0.2) is 34.6 Å². The molecule has 2 aliphatic heterocycles. The van der Waals surface area contributed by atoms with E-state index in [1.54, 1.807) is 0 Å². The highest BCUT2D eigenvalue weighted by atomic mass is 16.3. The van der Waals surface area contributed by atoms with Gasteiger partial charge in [0.05, 0.1) is 12.1 Å². The zero-order valence-electron chi connectivity index (χ0n) is 5.79. The fourth-order valence-electron chi connectivity index (χ4n) is 1.91. The van der Waals surface area contributed by atoms with Gasteiger partial charge in [-0.1, -0.05) is 0 Å². The monoisotopic (exact) mass is 141 g/mol. The van der Waals surface area contributed by atoms with Crippen molar-refractivity contribution in [1.82, 2.24) is 4.90 Å². The van der Waals surface area contributed by atoms with E-state index >= 15 is 0 Å². The van der Waals surface area contributed by atoms with Crippen molar-refractivity contribution in [2.45, 2.75) is 31.4 Å². The average Bonchev–Trinajstić information content (AvgIpc) is 2.41. The summed E-state index contributed by atoms with van der Waals surface area (Å²) >= 11 is 0. The van der Waals surface area contributed by atoms with Crippen LogP contribution in [0.3, 0.4) is 0 Å². The number of carbonyl (C=O) groups is 1. The first-order valence-corrected chi connectivity index (χ1v) is 3.76. The Hall–Kier alpha value is -0.570. The van der Waals surface area contributed by atoms with Gasteiger partial charge in [-0.3, -0.25) is 4.79 Å². The van der Waals surface area contributed by atoms with Crippen molar-refractivity contribution in [3.8, 4) is 0 Å². The van der Waals surface area contributed by atoms with E-state index in [1.165, 1.54) is 0 Å². The summed E-state index contributed by atoms with van der Waals surface area (Å²) in [5.74, 6) is 0.224. The van der Waals surface area contributed by atoms with Crippen LogP contribution in [-0.2, 0) is 4.79 Å². The molecule has 2 atom stereocenters. The Balaban J connectivity index is 2.16. The molecule has 1 N–H and O–H groups in total. The molecule has 2 unspecified atom stereocenters. The van der Waals surface area contributed by atoms with Crippen LogP contribution in [0.2, 0.25) is 0 Å². The molecule has 3 heteroatoms. The number of aliphatic hydroxyl groups is 1. The molecule has 0 radical (unpaired) electrons. The Morgan fingerprint density at radius 2 is 2.30 bits per heavy atom. The molecule has 0 aromatic heterocycles. The second-order valence-corrected chi connectivity index (χ2v) is 3.05. The van der Waals surface area contributed by atoms with Gasteiger partial charge in [0, 0.05) is 13.0 Å². The number of aliphatic hydroxyl groups excluding tert-OH is 1. The molecule has 0 saturated carbocycles. The third-order valence-electron chi connectivity index (χ3n) is 2.48. The molecule has 2 saturated heterocycles. The number of hydrogen-bond acceptors (Lipinski definition) is 2. The first-order valence-electron chi connectivity index (χ1n) is 3.76. The molecule has 0 aliphatic carbocycles. The van der Waals surface area contributed by atoms with Gasteiger partial charge in [0.1, 0.15) is 0 Å². The maximum atomic E-state index is 11.0. The van der Waals surface area contributed by atoms with Crippen LogP contribution in [0.15, 0.2) is 0 Å². The van der Waals surface area contributed by atoms with Gasteiger partial charge < -0.3 is 10.0 Å². The molecule has 3 nitrogen and oxygen atoms in total. The normalized spacial score (nSPS) is 38.9. The number of amides is 1. The Kier molecular flexibility index (Phi) is 1.20. The molecule has 0 spiro atoms. The first-order chi connectivity index (χ1) is 4.79. The minimum Gasteiger partial charge on any atom is -0.391 e. The lowest BCUT2D eigenvalue weighted by molar-refractivity contribution is -0.128. The summed E-state index contributed by atoms with van der Waals surface area (Å²) in [7, 11) is 0. The molecular weight excluding hydrogens is 130 g/mol. The number of fused-ring (bicyclic) bond motifs is 1. The predicted molar refractivity (Wildman–Crippen MR) is 35.4 cm³/mol. The summed E-state index contributed by atoms with van der Waals surface area (Å²) in [6, 6.07) is 0.160. The SMILES string of the molecule is O=C1CCC2C(O)CCN12. The summed E-state index contributed by atoms with van der Waals surface area (Å²) in [5.41, 5.74) is 0. The van der Waals surface area contributed by atoms with Gasteiger partial charge in [0.15, 0.2) is 0 Å². The number of carbonyl (C=O) groups excluding carboxylic acids is 1. The van der Waals surface area contributed by atoms with Crippen molar-refractivity contribution < 1.29 is 9.90 Å². The van der Waals surface area contributed by atoms with E-state index in [2.05, 4.69) is 0 Å². The van der Waals surface area contributed by atoms with Crippen molar-refractivity contribution in [1.29, 1.82) is 0 Å². The minimum atomic E-state index is -0.244. The van der Waals surface area contributed by atoms with E-state index in [4.69, 9.17) is 0 Å². The molecule has 2 aliphatic rings. The highest BCUT2D eigenvalue weighted by molar-refractivity contribution is 5.79. The van der Waals surface area contributed by atoms with Gasteiger partial charge in [-0.05, 0) is 12.8 Å². The van der Waals surface area contributed by atoms with Gasteiger partial charge in [-0.2, -0.15) is 0 Å². The maximum absolute atomic E-state index is 11.0. The zero-order chi connectivity index (χ0) is 7.14. The third-order valence-corrected chi connectivity index (χ3v) is 2.48. The lowest BCUT2D eigenvalue weighted by Crippen LogP contribution is -2.31. The largest absolute Gasteiger partial charge is 0.391 e. The van der Waals surface area contributed by atoms with E-state index in [0.717, 1.165) is 19.4 Å². The van der Waals surface area contributed by atoms with Crippen molar-refractivity contribution in [3.63, 3.8) is 0 Å². The van der Waals surface area contributed by atoms with Crippen LogP contribution < -0.4 is 0 Å². The summed E-state index contributed by atoms with van der Waals surface area (Å²) in [4.78, 5) is 12.8. The van der Waals surface area contributed by atoms with Crippen molar-refractivity contribution in [2.24, 2.45) is 0 Å². The maximum Gasteiger partial charge on any atom is 0.222 e. The van der Waals surface area contributed by atoms with Crippen molar-refractivity contribution in [2.75, 3.05) is 6.54 Å². The van der Waals surface area contributed by atoms with E-state index in [0.29, 0.717) is 6.42 Å². The molecule has 2 rings (SSSR count). The molecule has 0 aromatic carbocycles.